The number of nitrogens with zero attached hydrogens (tertiary/aromatic N) is 1. The summed E-state index contributed by atoms with van der Waals surface area (Å²) < 4.78 is 13.6. The third-order valence-electron chi connectivity index (χ3n) is 1.79. The molecular weight excluding hydrogens is 279 g/mol. The summed E-state index contributed by atoms with van der Waals surface area (Å²) in [7, 11) is 0. The third kappa shape index (κ3) is 3.00. The van der Waals surface area contributed by atoms with Crippen molar-refractivity contribution in [3.63, 3.8) is 0 Å². The van der Waals surface area contributed by atoms with Gasteiger partial charge in [0.15, 0.2) is 0 Å². The SMILES string of the molecule is Fc1ccc(NCc2cc(Br)cs2)nc1. The van der Waals surface area contributed by atoms with Crippen LogP contribution in [0.4, 0.5) is 10.2 Å². The lowest BCUT2D eigenvalue weighted by Crippen LogP contribution is -1.99. The van der Waals surface area contributed by atoms with Gasteiger partial charge in [-0.05, 0) is 34.1 Å². The highest BCUT2D eigenvalue weighted by molar-refractivity contribution is 9.10. The number of rotatable bonds is 3. The molecule has 0 saturated heterocycles. The fraction of sp³-hybridized carbons (Fsp3) is 0.100. The van der Waals surface area contributed by atoms with Gasteiger partial charge in [-0.2, -0.15) is 0 Å². The summed E-state index contributed by atoms with van der Waals surface area (Å²) in [6.45, 7) is 0.703. The third-order valence-corrected chi connectivity index (χ3v) is 3.49. The number of pyridine rings is 1. The summed E-state index contributed by atoms with van der Waals surface area (Å²) in [6.07, 6.45) is 1.20. The first-order valence-electron chi connectivity index (χ1n) is 4.32. The highest BCUT2D eigenvalue weighted by atomic mass is 79.9. The predicted octanol–water partition coefficient (Wildman–Crippen LogP) is 3.66. The highest BCUT2D eigenvalue weighted by Crippen LogP contribution is 2.20. The minimum Gasteiger partial charge on any atom is -0.365 e. The first kappa shape index (κ1) is 10.6. The van der Waals surface area contributed by atoms with Crippen LogP contribution >= 0.6 is 27.3 Å². The number of hydrogen-bond acceptors (Lipinski definition) is 3. The Kier molecular flexibility index (Phi) is 3.33. The zero-order valence-corrected chi connectivity index (χ0v) is 10.1. The first-order chi connectivity index (χ1) is 7.24. The summed E-state index contributed by atoms with van der Waals surface area (Å²) in [4.78, 5) is 5.11. The van der Waals surface area contributed by atoms with Crippen LogP contribution in [-0.2, 0) is 6.54 Å². The fourth-order valence-electron chi connectivity index (χ4n) is 1.10. The largest absolute Gasteiger partial charge is 0.365 e. The van der Waals surface area contributed by atoms with Crippen molar-refractivity contribution >= 4 is 33.1 Å². The van der Waals surface area contributed by atoms with E-state index in [2.05, 4.69) is 26.2 Å². The second kappa shape index (κ2) is 4.72. The number of halogens is 2. The molecule has 0 spiro atoms. The maximum atomic E-state index is 12.6. The van der Waals surface area contributed by atoms with Crippen LogP contribution in [0.25, 0.3) is 0 Å². The molecule has 2 aromatic rings. The van der Waals surface area contributed by atoms with Crippen LogP contribution in [-0.4, -0.2) is 4.98 Å². The molecule has 0 bridgehead atoms. The lowest BCUT2D eigenvalue weighted by molar-refractivity contribution is 0.621. The summed E-state index contributed by atoms with van der Waals surface area (Å²) in [5.74, 6) is 0.361. The average molecular weight is 287 g/mol. The molecule has 0 aliphatic heterocycles. The van der Waals surface area contributed by atoms with Crippen LogP contribution in [0.5, 0.6) is 0 Å². The van der Waals surface area contributed by atoms with Crippen molar-refractivity contribution in [2.45, 2.75) is 6.54 Å². The van der Waals surface area contributed by atoms with Crippen molar-refractivity contribution in [1.29, 1.82) is 0 Å². The summed E-state index contributed by atoms with van der Waals surface area (Å²) >= 11 is 5.05. The molecule has 0 atom stereocenters. The monoisotopic (exact) mass is 286 g/mol. The van der Waals surface area contributed by atoms with Crippen molar-refractivity contribution in [3.05, 3.63) is 44.9 Å². The van der Waals surface area contributed by atoms with E-state index >= 15 is 0 Å². The highest BCUT2D eigenvalue weighted by Gasteiger charge is 1.98. The summed E-state index contributed by atoms with van der Waals surface area (Å²) in [5, 5.41) is 5.14. The van der Waals surface area contributed by atoms with Crippen molar-refractivity contribution < 1.29 is 4.39 Å². The molecule has 0 saturated carbocycles. The van der Waals surface area contributed by atoms with E-state index in [1.54, 1.807) is 17.4 Å². The quantitative estimate of drug-likeness (QED) is 0.932. The Hall–Kier alpha value is -0.940. The molecular formula is C10H8BrFN2S. The van der Waals surface area contributed by atoms with E-state index in [0.717, 1.165) is 4.47 Å². The van der Waals surface area contributed by atoms with Crippen LogP contribution < -0.4 is 5.32 Å². The Morgan fingerprint density at radius 3 is 2.93 bits per heavy atom. The van der Waals surface area contributed by atoms with E-state index in [-0.39, 0.29) is 5.82 Å². The van der Waals surface area contributed by atoms with E-state index in [1.165, 1.54) is 17.1 Å². The minimum absolute atomic E-state index is 0.320. The van der Waals surface area contributed by atoms with Gasteiger partial charge >= 0.3 is 0 Å². The second-order valence-corrected chi connectivity index (χ2v) is 4.86. The van der Waals surface area contributed by atoms with E-state index in [4.69, 9.17) is 0 Å². The molecule has 1 N–H and O–H groups in total. The van der Waals surface area contributed by atoms with Crippen LogP contribution in [0.3, 0.4) is 0 Å². The van der Waals surface area contributed by atoms with Crippen LogP contribution in [0.15, 0.2) is 34.2 Å². The van der Waals surface area contributed by atoms with Gasteiger partial charge < -0.3 is 5.32 Å². The van der Waals surface area contributed by atoms with E-state index < -0.39 is 0 Å². The molecule has 78 valence electrons. The Labute approximate surface area is 99.3 Å². The fourth-order valence-corrected chi connectivity index (χ4v) is 2.50. The van der Waals surface area contributed by atoms with Crippen LogP contribution in [0.2, 0.25) is 0 Å². The normalized spacial score (nSPS) is 10.3. The van der Waals surface area contributed by atoms with Gasteiger partial charge in [0.2, 0.25) is 0 Å². The van der Waals surface area contributed by atoms with Gasteiger partial charge in [-0.3, -0.25) is 0 Å². The maximum absolute atomic E-state index is 12.6. The number of aromatic nitrogens is 1. The molecule has 2 nitrogen and oxygen atoms in total. The molecule has 2 heterocycles. The molecule has 0 aromatic carbocycles. The summed E-state index contributed by atoms with van der Waals surface area (Å²) in [6, 6.07) is 5.05. The number of hydrogen-bond donors (Lipinski definition) is 1. The molecule has 2 aromatic heterocycles. The van der Waals surface area contributed by atoms with Gasteiger partial charge in [-0.15, -0.1) is 11.3 Å². The van der Waals surface area contributed by atoms with Crippen molar-refractivity contribution in [2.24, 2.45) is 0 Å². The maximum Gasteiger partial charge on any atom is 0.141 e. The molecule has 0 fully saturated rings. The Morgan fingerprint density at radius 2 is 2.33 bits per heavy atom. The van der Waals surface area contributed by atoms with E-state index in [9.17, 15) is 4.39 Å². The molecule has 0 unspecified atom stereocenters. The smallest absolute Gasteiger partial charge is 0.141 e. The van der Waals surface area contributed by atoms with Crippen LogP contribution in [0, 0.1) is 5.82 Å². The molecule has 0 aliphatic rings. The molecule has 2 rings (SSSR count). The lowest BCUT2D eigenvalue weighted by atomic mass is 10.4. The van der Waals surface area contributed by atoms with E-state index in [0.29, 0.717) is 12.4 Å². The topological polar surface area (TPSA) is 24.9 Å². The minimum atomic E-state index is -0.320. The second-order valence-electron chi connectivity index (χ2n) is 2.95. The molecule has 0 amide bonds. The number of thiophene rings is 1. The number of nitrogens with one attached hydrogen (secondary N) is 1. The lowest BCUT2D eigenvalue weighted by Gasteiger charge is -2.02. The van der Waals surface area contributed by atoms with Crippen LogP contribution in [0.1, 0.15) is 4.88 Å². The molecule has 0 aliphatic carbocycles. The van der Waals surface area contributed by atoms with Gasteiger partial charge in [-0.25, -0.2) is 9.37 Å². The van der Waals surface area contributed by atoms with E-state index in [1.807, 2.05) is 11.4 Å². The predicted molar refractivity (Wildman–Crippen MR) is 63.5 cm³/mol. The van der Waals surface area contributed by atoms with Crippen molar-refractivity contribution in [1.82, 2.24) is 4.98 Å². The Morgan fingerprint density at radius 1 is 1.47 bits per heavy atom. The zero-order chi connectivity index (χ0) is 10.7. The van der Waals surface area contributed by atoms with Crippen molar-refractivity contribution in [2.75, 3.05) is 5.32 Å². The Bertz CT molecular complexity index is 441. The van der Waals surface area contributed by atoms with Gasteiger partial charge in [0, 0.05) is 14.7 Å². The first-order valence-corrected chi connectivity index (χ1v) is 5.99. The molecule has 5 heteroatoms. The molecule has 15 heavy (non-hydrogen) atoms. The Balaban J connectivity index is 1.96. The van der Waals surface area contributed by atoms with Gasteiger partial charge in [-0.1, -0.05) is 0 Å². The average Bonchev–Trinajstić information content (AvgIpc) is 2.64. The van der Waals surface area contributed by atoms with Gasteiger partial charge in [0.1, 0.15) is 11.6 Å². The standard InChI is InChI=1S/C10H8BrFN2S/c11-7-3-9(15-6-7)5-14-10-2-1-8(12)4-13-10/h1-4,6H,5H2,(H,13,14). The van der Waals surface area contributed by atoms with Gasteiger partial charge in [0.05, 0.1) is 12.7 Å². The van der Waals surface area contributed by atoms with Gasteiger partial charge in [0.25, 0.3) is 0 Å². The zero-order valence-electron chi connectivity index (χ0n) is 7.71. The summed E-state index contributed by atoms with van der Waals surface area (Å²) in [5.41, 5.74) is 0. The molecule has 0 radical (unpaired) electrons. The van der Waals surface area contributed by atoms with Crippen molar-refractivity contribution in [3.8, 4) is 0 Å². The number of anilines is 1.